The molecule has 3 N–H and O–H groups in total. The zero-order valence-electron chi connectivity index (χ0n) is 13.2. The molecule has 0 aromatic rings. The van der Waals surface area contributed by atoms with E-state index in [0.717, 1.165) is 6.54 Å². The van der Waals surface area contributed by atoms with Crippen molar-refractivity contribution < 1.29 is 14.4 Å². The summed E-state index contributed by atoms with van der Waals surface area (Å²) in [7, 11) is 0. The van der Waals surface area contributed by atoms with Crippen molar-refractivity contribution in [2.45, 2.75) is 32.4 Å². The van der Waals surface area contributed by atoms with E-state index in [-0.39, 0.29) is 30.3 Å². The molecule has 22 heavy (non-hydrogen) atoms. The third-order valence-corrected chi connectivity index (χ3v) is 4.06. The van der Waals surface area contributed by atoms with Crippen LogP contribution in [0.15, 0.2) is 0 Å². The Kier molecular flexibility index (Phi) is 5.59. The molecule has 0 aliphatic carbocycles. The summed E-state index contributed by atoms with van der Waals surface area (Å²) in [5, 5.41) is 8.31. The van der Waals surface area contributed by atoms with Crippen LogP contribution in [0, 0.1) is 0 Å². The average Bonchev–Trinajstić information content (AvgIpc) is 2.86. The van der Waals surface area contributed by atoms with Gasteiger partial charge in [0.2, 0.25) is 11.8 Å². The number of carbonyl (C=O) groups is 3. The van der Waals surface area contributed by atoms with Crippen molar-refractivity contribution in [3.05, 3.63) is 0 Å². The quantitative estimate of drug-likeness (QED) is 0.570. The molecule has 0 aromatic carbocycles. The molecule has 2 aliphatic heterocycles. The monoisotopic (exact) mass is 311 g/mol. The fraction of sp³-hybridized carbons (Fsp3) is 0.786. The van der Waals surface area contributed by atoms with E-state index in [0.29, 0.717) is 32.7 Å². The second kappa shape index (κ2) is 7.44. The standard InChI is InChI=1S/C14H25N5O3/c1-10(2)19-8-5-16-13(21)11(19)9-12(20)15-3-6-18-7-4-17-14(18)22/h10-11H,3-9H2,1-2H3,(H,15,20)(H,16,21)(H,17,22)/t11-/m0/s1. The average molecular weight is 311 g/mol. The summed E-state index contributed by atoms with van der Waals surface area (Å²) < 4.78 is 0. The number of amides is 4. The van der Waals surface area contributed by atoms with Crippen LogP contribution in [-0.2, 0) is 9.59 Å². The predicted molar refractivity (Wildman–Crippen MR) is 81.2 cm³/mol. The first-order valence-electron chi connectivity index (χ1n) is 7.82. The normalized spacial score (nSPS) is 22.7. The number of urea groups is 1. The third kappa shape index (κ3) is 4.09. The summed E-state index contributed by atoms with van der Waals surface area (Å²) in [5.74, 6) is -0.249. The van der Waals surface area contributed by atoms with Crippen LogP contribution in [0.4, 0.5) is 4.79 Å². The highest BCUT2D eigenvalue weighted by molar-refractivity contribution is 5.88. The summed E-state index contributed by atoms with van der Waals surface area (Å²) in [6.45, 7) is 7.64. The molecule has 2 rings (SSSR count). The summed E-state index contributed by atoms with van der Waals surface area (Å²) in [6, 6.07) is -0.284. The van der Waals surface area contributed by atoms with Crippen LogP contribution in [0.3, 0.4) is 0 Å². The molecule has 2 heterocycles. The van der Waals surface area contributed by atoms with Crippen LogP contribution < -0.4 is 16.0 Å². The molecule has 0 bridgehead atoms. The van der Waals surface area contributed by atoms with Crippen LogP contribution in [0.25, 0.3) is 0 Å². The van der Waals surface area contributed by atoms with Gasteiger partial charge in [0.15, 0.2) is 0 Å². The first-order chi connectivity index (χ1) is 10.5. The number of nitrogens with one attached hydrogen (secondary N) is 3. The van der Waals surface area contributed by atoms with Crippen molar-refractivity contribution in [2.24, 2.45) is 0 Å². The topological polar surface area (TPSA) is 93.8 Å². The second-order valence-corrected chi connectivity index (χ2v) is 5.91. The number of hydrogen-bond acceptors (Lipinski definition) is 4. The number of nitrogens with zero attached hydrogens (tertiary/aromatic N) is 2. The van der Waals surface area contributed by atoms with Crippen molar-refractivity contribution in [2.75, 3.05) is 39.3 Å². The molecule has 0 saturated carbocycles. The molecular weight excluding hydrogens is 286 g/mol. The van der Waals surface area contributed by atoms with Crippen molar-refractivity contribution in [1.82, 2.24) is 25.8 Å². The fourth-order valence-electron chi connectivity index (χ4n) is 2.86. The zero-order chi connectivity index (χ0) is 16.1. The van der Waals surface area contributed by atoms with Gasteiger partial charge < -0.3 is 20.9 Å². The lowest BCUT2D eigenvalue weighted by atomic mass is 10.1. The maximum atomic E-state index is 12.0. The van der Waals surface area contributed by atoms with Crippen LogP contribution in [-0.4, -0.2) is 79.0 Å². The van der Waals surface area contributed by atoms with E-state index in [2.05, 4.69) is 16.0 Å². The summed E-state index contributed by atoms with van der Waals surface area (Å²) in [5.41, 5.74) is 0. The Morgan fingerprint density at radius 3 is 2.64 bits per heavy atom. The number of rotatable bonds is 6. The highest BCUT2D eigenvalue weighted by Gasteiger charge is 2.32. The largest absolute Gasteiger partial charge is 0.354 e. The van der Waals surface area contributed by atoms with Gasteiger partial charge in [-0.3, -0.25) is 14.5 Å². The van der Waals surface area contributed by atoms with Gasteiger partial charge in [-0.2, -0.15) is 0 Å². The van der Waals surface area contributed by atoms with E-state index in [4.69, 9.17) is 0 Å². The van der Waals surface area contributed by atoms with Crippen molar-refractivity contribution in [3.8, 4) is 0 Å². The van der Waals surface area contributed by atoms with Crippen LogP contribution in [0.2, 0.25) is 0 Å². The summed E-state index contributed by atoms with van der Waals surface area (Å²) in [4.78, 5) is 39.1. The summed E-state index contributed by atoms with van der Waals surface area (Å²) in [6.07, 6.45) is 0.149. The third-order valence-electron chi connectivity index (χ3n) is 4.06. The molecule has 124 valence electrons. The molecular formula is C14H25N5O3. The molecule has 2 saturated heterocycles. The Morgan fingerprint density at radius 1 is 1.27 bits per heavy atom. The van der Waals surface area contributed by atoms with Crippen LogP contribution in [0.1, 0.15) is 20.3 Å². The summed E-state index contributed by atoms with van der Waals surface area (Å²) >= 11 is 0. The number of hydrogen-bond donors (Lipinski definition) is 3. The molecule has 8 heteroatoms. The zero-order valence-corrected chi connectivity index (χ0v) is 13.2. The van der Waals surface area contributed by atoms with Gasteiger partial charge in [-0.05, 0) is 13.8 Å². The predicted octanol–water partition coefficient (Wildman–Crippen LogP) is -1.27. The molecule has 1 atom stereocenters. The van der Waals surface area contributed by atoms with Crippen molar-refractivity contribution in [3.63, 3.8) is 0 Å². The van der Waals surface area contributed by atoms with E-state index >= 15 is 0 Å². The molecule has 4 amide bonds. The maximum absolute atomic E-state index is 12.0. The van der Waals surface area contributed by atoms with Gasteiger partial charge in [0.25, 0.3) is 0 Å². The van der Waals surface area contributed by atoms with Gasteiger partial charge in [0.1, 0.15) is 0 Å². The van der Waals surface area contributed by atoms with Gasteiger partial charge in [0.05, 0.1) is 12.5 Å². The lowest BCUT2D eigenvalue weighted by Crippen LogP contribution is -2.58. The van der Waals surface area contributed by atoms with E-state index in [1.165, 1.54) is 0 Å². The minimum Gasteiger partial charge on any atom is -0.354 e. The minimum absolute atomic E-state index is 0.0889. The van der Waals surface area contributed by atoms with E-state index in [9.17, 15) is 14.4 Å². The molecule has 0 unspecified atom stereocenters. The van der Waals surface area contributed by atoms with Gasteiger partial charge >= 0.3 is 6.03 Å². The van der Waals surface area contributed by atoms with Crippen molar-refractivity contribution >= 4 is 17.8 Å². The minimum atomic E-state index is -0.413. The molecule has 0 spiro atoms. The molecule has 2 aliphatic rings. The molecule has 0 aromatic heterocycles. The SMILES string of the molecule is CC(C)N1CCNC(=O)[C@@H]1CC(=O)NCCN1CCNC1=O. The van der Waals surface area contributed by atoms with Crippen LogP contribution >= 0.6 is 0 Å². The lowest BCUT2D eigenvalue weighted by molar-refractivity contribution is -0.134. The first kappa shape index (κ1) is 16.5. The van der Waals surface area contributed by atoms with Gasteiger partial charge in [-0.25, -0.2) is 4.79 Å². The highest BCUT2D eigenvalue weighted by atomic mass is 16.2. The Morgan fingerprint density at radius 2 is 2.00 bits per heavy atom. The smallest absolute Gasteiger partial charge is 0.317 e. The Balaban J connectivity index is 1.77. The van der Waals surface area contributed by atoms with E-state index < -0.39 is 6.04 Å². The second-order valence-electron chi connectivity index (χ2n) is 5.91. The molecule has 0 radical (unpaired) electrons. The van der Waals surface area contributed by atoms with Gasteiger partial charge in [-0.15, -0.1) is 0 Å². The molecule has 8 nitrogen and oxygen atoms in total. The lowest BCUT2D eigenvalue weighted by Gasteiger charge is -2.37. The maximum Gasteiger partial charge on any atom is 0.317 e. The Hall–Kier alpha value is -1.83. The van der Waals surface area contributed by atoms with Crippen LogP contribution in [0.5, 0.6) is 0 Å². The van der Waals surface area contributed by atoms with Gasteiger partial charge in [0, 0.05) is 45.3 Å². The van der Waals surface area contributed by atoms with Crippen molar-refractivity contribution in [1.29, 1.82) is 0 Å². The van der Waals surface area contributed by atoms with E-state index in [1.54, 1.807) is 4.90 Å². The molecule has 2 fully saturated rings. The Bertz CT molecular complexity index is 440. The Labute approximate surface area is 130 Å². The number of carbonyl (C=O) groups excluding carboxylic acids is 3. The van der Waals surface area contributed by atoms with E-state index in [1.807, 2.05) is 18.7 Å². The number of piperazine rings is 1. The first-order valence-corrected chi connectivity index (χ1v) is 7.82. The van der Waals surface area contributed by atoms with Gasteiger partial charge in [-0.1, -0.05) is 0 Å². The fourth-order valence-corrected chi connectivity index (χ4v) is 2.86. The highest BCUT2D eigenvalue weighted by Crippen LogP contribution is 2.12.